The van der Waals surface area contributed by atoms with Gasteiger partial charge in [-0.1, -0.05) is 18.2 Å². The summed E-state index contributed by atoms with van der Waals surface area (Å²) in [6.45, 7) is 1.25. The number of carbonyl (C=O) groups is 1. The van der Waals surface area contributed by atoms with Crippen LogP contribution in [-0.2, 0) is 16.6 Å². The van der Waals surface area contributed by atoms with E-state index in [9.17, 15) is 17.6 Å². The number of amides is 1. The molecule has 0 radical (unpaired) electrons. The minimum atomic E-state index is -3.99. The van der Waals surface area contributed by atoms with Crippen LogP contribution < -0.4 is 19.5 Å². The second kappa shape index (κ2) is 8.65. The zero-order valence-corrected chi connectivity index (χ0v) is 17.1. The topological polar surface area (TPSA) is 93.7 Å². The normalized spacial score (nSPS) is 12.8. The number of fused-ring (bicyclic) bond motifs is 1. The third-order valence-corrected chi connectivity index (χ3v) is 5.99. The number of rotatable bonds is 6. The summed E-state index contributed by atoms with van der Waals surface area (Å²) in [5.74, 6) is 0.263. The number of para-hydroxylation sites is 1. The maximum absolute atomic E-state index is 13.7. The monoisotopic (exact) mass is 442 g/mol. The summed E-state index contributed by atoms with van der Waals surface area (Å²) >= 11 is 0. The van der Waals surface area contributed by atoms with Gasteiger partial charge in [0.2, 0.25) is 0 Å². The Morgan fingerprint density at radius 2 is 1.65 bits per heavy atom. The molecule has 160 valence electrons. The smallest absolute Gasteiger partial charge is 0.261 e. The molecule has 4 rings (SSSR count). The van der Waals surface area contributed by atoms with Gasteiger partial charge in [0.15, 0.2) is 11.5 Å². The summed E-state index contributed by atoms with van der Waals surface area (Å²) in [6.07, 6.45) is 0. The summed E-state index contributed by atoms with van der Waals surface area (Å²) in [4.78, 5) is 12.3. The van der Waals surface area contributed by atoms with Gasteiger partial charge in [0, 0.05) is 12.1 Å². The number of nitrogens with one attached hydrogen (secondary N) is 2. The van der Waals surface area contributed by atoms with E-state index in [2.05, 4.69) is 10.0 Å². The van der Waals surface area contributed by atoms with Crippen LogP contribution in [0.15, 0.2) is 71.6 Å². The Bertz CT molecular complexity index is 1210. The number of carbonyl (C=O) groups excluding carboxylic acids is 1. The van der Waals surface area contributed by atoms with Crippen LogP contribution in [0.25, 0.3) is 0 Å². The van der Waals surface area contributed by atoms with E-state index < -0.39 is 15.8 Å². The van der Waals surface area contributed by atoms with E-state index in [1.165, 1.54) is 42.5 Å². The average molecular weight is 442 g/mol. The SMILES string of the molecule is O=C(NCc1ccc2c(c1)OCCO2)c1ccc(S(=O)(=O)Nc2ccccc2F)cc1. The van der Waals surface area contributed by atoms with Gasteiger partial charge in [-0.25, -0.2) is 12.8 Å². The first-order valence-electron chi connectivity index (χ1n) is 9.46. The highest BCUT2D eigenvalue weighted by Gasteiger charge is 2.17. The van der Waals surface area contributed by atoms with E-state index in [0.29, 0.717) is 30.3 Å². The second-order valence-electron chi connectivity index (χ2n) is 6.77. The van der Waals surface area contributed by atoms with E-state index in [0.717, 1.165) is 11.6 Å². The number of anilines is 1. The molecule has 0 unspecified atom stereocenters. The lowest BCUT2D eigenvalue weighted by atomic mass is 10.1. The predicted octanol–water partition coefficient (Wildman–Crippen LogP) is 3.33. The predicted molar refractivity (Wildman–Crippen MR) is 112 cm³/mol. The highest BCUT2D eigenvalue weighted by Crippen LogP contribution is 2.30. The molecule has 3 aromatic carbocycles. The number of ether oxygens (including phenoxy) is 2. The molecule has 0 aromatic heterocycles. The third kappa shape index (κ3) is 4.77. The van der Waals surface area contributed by atoms with Gasteiger partial charge in [-0.2, -0.15) is 0 Å². The van der Waals surface area contributed by atoms with E-state index in [1.54, 1.807) is 12.1 Å². The summed E-state index contributed by atoms with van der Waals surface area (Å²) in [7, 11) is -3.99. The quantitative estimate of drug-likeness (QED) is 0.611. The first kappa shape index (κ1) is 20.7. The molecule has 1 heterocycles. The van der Waals surface area contributed by atoms with Gasteiger partial charge in [0.25, 0.3) is 15.9 Å². The molecule has 1 aliphatic heterocycles. The molecule has 0 bridgehead atoms. The third-order valence-electron chi connectivity index (χ3n) is 4.60. The Kier molecular flexibility index (Phi) is 5.77. The molecule has 0 saturated carbocycles. The second-order valence-corrected chi connectivity index (χ2v) is 8.45. The Hall–Kier alpha value is -3.59. The fourth-order valence-corrected chi connectivity index (χ4v) is 4.08. The first-order chi connectivity index (χ1) is 14.9. The van der Waals surface area contributed by atoms with Gasteiger partial charge in [-0.3, -0.25) is 9.52 Å². The molecule has 0 spiro atoms. The Morgan fingerprint density at radius 1 is 0.935 bits per heavy atom. The Morgan fingerprint density at radius 3 is 2.39 bits per heavy atom. The molecule has 0 atom stereocenters. The van der Waals surface area contributed by atoms with Crippen LogP contribution in [0.4, 0.5) is 10.1 Å². The Balaban J connectivity index is 1.40. The van der Waals surface area contributed by atoms with Gasteiger partial charge in [0.1, 0.15) is 19.0 Å². The van der Waals surface area contributed by atoms with Gasteiger partial charge >= 0.3 is 0 Å². The summed E-state index contributed by atoms with van der Waals surface area (Å²) in [5, 5.41) is 2.78. The van der Waals surface area contributed by atoms with Gasteiger partial charge in [-0.15, -0.1) is 0 Å². The molecule has 3 aromatic rings. The number of benzene rings is 3. The fraction of sp³-hybridized carbons (Fsp3) is 0.136. The molecule has 1 aliphatic rings. The van der Waals surface area contributed by atoms with Gasteiger partial charge < -0.3 is 14.8 Å². The zero-order chi connectivity index (χ0) is 21.8. The van der Waals surface area contributed by atoms with Crippen molar-refractivity contribution in [2.45, 2.75) is 11.4 Å². The molecule has 2 N–H and O–H groups in total. The van der Waals surface area contributed by atoms with Crippen LogP contribution in [0.1, 0.15) is 15.9 Å². The van der Waals surface area contributed by atoms with Crippen molar-refractivity contribution in [3.8, 4) is 11.5 Å². The van der Waals surface area contributed by atoms with Gasteiger partial charge in [-0.05, 0) is 54.1 Å². The molecule has 7 nitrogen and oxygen atoms in total. The lowest BCUT2D eigenvalue weighted by molar-refractivity contribution is 0.0950. The highest BCUT2D eigenvalue weighted by molar-refractivity contribution is 7.92. The van der Waals surface area contributed by atoms with Crippen LogP contribution in [0.2, 0.25) is 0 Å². The zero-order valence-electron chi connectivity index (χ0n) is 16.3. The molecule has 1 amide bonds. The average Bonchev–Trinajstić information content (AvgIpc) is 2.79. The number of hydrogen-bond acceptors (Lipinski definition) is 5. The van der Waals surface area contributed by atoms with E-state index in [1.807, 2.05) is 6.07 Å². The van der Waals surface area contributed by atoms with Crippen LogP contribution in [0.3, 0.4) is 0 Å². The van der Waals surface area contributed by atoms with Crippen molar-refractivity contribution in [1.29, 1.82) is 0 Å². The van der Waals surface area contributed by atoms with Crippen molar-refractivity contribution in [2.75, 3.05) is 17.9 Å². The van der Waals surface area contributed by atoms with E-state index in [-0.39, 0.29) is 23.0 Å². The fourth-order valence-electron chi connectivity index (χ4n) is 3.02. The van der Waals surface area contributed by atoms with Crippen LogP contribution >= 0.6 is 0 Å². The molecule has 9 heteroatoms. The van der Waals surface area contributed by atoms with Crippen LogP contribution in [0.5, 0.6) is 11.5 Å². The largest absolute Gasteiger partial charge is 0.486 e. The standard InChI is InChI=1S/C22H19FN2O5S/c23-18-3-1-2-4-19(18)25-31(27,28)17-8-6-16(7-9-17)22(26)24-14-15-5-10-20-21(13-15)30-12-11-29-20/h1-10,13,25H,11-12,14H2,(H,24,26). The minimum Gasteiger partial charge on any atom is -0.486 e. The molecule has 31 heavy (non-hydrogen) atoms. The molecule has 0 saturated heterocycles. The van der Waals surface area contributed by atoms with Crippen molar-refractivity contribution in [3.63, 3.8) is 0 Å². The lowest BCUT2D eigenvalue weighted by Gasteiger charge is -2.19. The summed E-state index contributed by atoms with van der Waals surface area (Å²) in [6, 6.07) is 16.3. The van der Waals surface area contributed by atoms with Gasteiger partial charge in [0.05, 0.1) is 10.6 Å². The number of hydrogen-bond donors (Lipinski definition) is 2. The number of halogens is 1. The van der Waals surface area contributed by atoms with Crippen molar-refractivity contribution >= 4 is 21.6 Å². The molecule has 0 aliphatic carbocycles. The molecular formula is C22H19FN2O5S. The summed E-state index contributed by atoms with van der Waals surface area (Å²) < 4.78 is 51.8. The van der Waals surface area contributed by atoms with Crippen LogP contribution in [0, 0.1) is 5.82 Å². The maximum atomic E-state index is 13.7. The van der Waals surface area contributed by atoms with Crippen molar-refractivity contribution < 1.29 is 27.1 Å². The molecular weight excluding hydrogens is 423 g/mol. The maximum Gasteiger partial charge on any atom is 0.261 e. The van der Waals surface area contributed by atoms with Crippen molar-refractivity contribution in [1.82, 2.24) is 5.32 Å². The summed E-state index contributed by atoms with van der Waals surface area (Å²) in [5.41, 5.74) is 0.983. The van der Waals surface area contributed by atoms with E-state index in [4.69, 9.17) is 9.47 Å². The van der Waals surface area contributed by atoms with Crippen molar-refractivity contribution in [2.24, 2.45) is 0 Å². The minimum absolute atomic E-state index is 0.0841. The van der Waals surface area contributed by atoms with Crippen molar-refractivity contribution in [3.05, 3.63) is 83.7 Å². The van der Waals surface area contributed by atoms with Crippen LogP contribution in [-0.4, -0.2) is 27.5 Å². The highest BCUT2D eigenvalue weighted by atomic mass is 32.2. The first-order valence-corrected chi connectivity index (χ1v) is 10.9. The number of sulfonamides is 1. The Labute approximate surface area is 178 Å². The van der Waals surface area contributed by atoms with E-state index >= 15 is 0 Å². The lowest BCUT2D eigenvalue weighted by Crippen LogP contribution is -2.23. The molecule has 0 fully saturated rings.